The zero-order valence-corrected chi connectivity index (χ0v) is 13.5. The van der Waals surface area contributed by atoms with Gasteiger partial charge in [0.05, 0.1) is 0 Å². The molecule has 0 aromatic heterocycles. The number of rotatable bonds is 7. The molecule has 0 aliphatic carbocycles. The maximum atomic E-state index is 3.48. The molecule has 0 radical (unpaired) electrons. The van der Waals surface area contributed by atoms with Gasteiger partial charge in [0.15, 0.2) is 0 Å². The van der Waals surface area contributed by atoms with Crippen LogP contribution in [0.1, 0.15) is 35.1 Å². The van der Waals surface area contributed by atoms with Gasteiger partial charge in [-0.15, -0.1) is 0 Å². The maximum Gasteiger partial charge on any atom is 0.0105 e. The van der Waals surface area contributed by atoms with Crippen molar-refractivity contribution in [2.75, 3.05) is 7.05 Å². The largest absolute Gasteiger partial charge is 0.317 e. The standard InChI is InChI=1S/C20H27N/c1-16-12-17(2)14-19(13-16)15-20(21-3)11-7-10-18-8-5-4-6-9-18/h4-6,8-9,12-14,20-21H,7,10-11,15H2,1-3H3. The summed E-state index contributed by atoms with van der Waals surface area (Å²) in [4.78, 5) is 0. The minimum Gasteiger partial charge on any atom is -0.317 e. The molecule has 2 aromatic carbocycles. The Morgan fingerprint density at radius 3 is 2.19 bits per heavy atom. The maximum absolute atomic E-state index is 3.48. The van der Waals surface area contributed by atoms with Crippen molar-refractivity contribution in [2.45, 2.75) is 45.6 Å². The molecule has 1 nitrogen and oxygen atoms in total. The molecule has 112 valence electrons. The highest BCUT2D eigenvalue weighted by molar-refractivity contribution is 5.29. The van der Waals surface area contributed by atoms with Crippen LogP contribution in [0.2, 0.25) is 0 Å². The zero-order chi connectivity index (χ0) is 15.1. The number of benzene rings is 2. The van der Waals surface area contributed by atoms with Gasteiger partial charge in [0.1, 0.15) is 0 Å². The lowest BCUT2D eigenvalue weighted by Crippen LogP contribution is -2.27. The van der Waals surface area contributed by atoms with Crippen molar-refractivity contribution in [3.8, 4) is 0 Å². The third-order valence-electron chi connectivity index (χ3n) is 4.03. The van der Waals surface area contributed by atoms with E-state index in [0.717, 1.165) is 6.42 Å². The fourth-order valence-corrected chi connectivity index (χ4v) is 3.02. The fraction of sp³-hybridized carbons (Fsp3) is 0.400. The summed E-state index contributed by atoms with van der Waals surface area (Å²) >= 11 is 0. The predicted molar refractivity (Wildman–Crippen MR) is 91.8 cm³/mol. The topological polar surface area (TPSA) is 12.0 Å². The lowest BCUT2D eigenvalue weighted by atomic mass is 9.97. The van der Waals surface area contributed by atoms with Gasteiger partial charge in [-0.05, 0) is 57.7 Å². The summed E-state index contributed by atoms with van der Waals surface area (Å²) < 4.78 is 0. The van der Waals surface area contributed by atoms with Crippen molar-refractivity contribution in [3.63, 3.8) is 0 Å². The van der Waals surface area contributed by atoms with Crippen molar-refractivity contribution in [1.82, 2.24) is 5.32 Å². The van der Waals surface area contributed by atoms with Crippen molar-refractivity contribution in [1.29, 1.82) is 0 Å². The first-order valence-electron chi connectivity index (χ1n) is 7.96. The first kappa shape index (κ1) is 15.8. The van der Waals surface area contributed by atoms with Gasteiger partial charge in [-0.2, -0.15) is 0 Å². The highest BCUT2D eigenvalue weighted by Gasteiger charge is 2.08. The normalized spacial score (nSPS) is 12.3. The summed E-state index contributed by atoms with van der Waals surface area (Å²) in [6.07, 6.45) is 4.75. The Labute approximate surface area is 129 Å². The summed E-state index contributed by atoms with van der Waals surface area (Å²) in [7, 11) is 2.08. The van der Waals surface area contributed by atoms with Crippen molar-refractivity contribution >= 4 is 0 Å². The van der Waals surface area contributed by atoms with Gasteiger partial charge in [0.25, 0.3) is 0 Å². The molecular formula is C20H27N. The van der Waals surface area contributed by atoms with E-state index in [2.05, 4.69) is 74.7 Å². The van der Waals surface area contributed by atoms with E-state index in [4.69, 9.17) is 0 Å². The first-order chi connectivity index (χ1) is 10.2. The average Bonchev–Trinajstić information content (AvgIpc) is 2.46. The van der Waals surface area contributed by atoms with E-state index in [-0.39, 0.29) is 0 Å². The Bertz CT molecular complexity index is 525. The highest BCUT2D eigenvalue weighted by Crippen LogP contribution is 2.14. The summed E-state index contributed by atoms with van der Waals surface area (Å²) in [5, 5.41) is 3.48. The smallest absolute Gasteiger partial charge is 0.0105 e. The number of hydrogen-bond acceptors (Lipinski definition) is 1. The molecule has 0 spiro atoms. The summed E-state index contributed by atoms with van der Waals surface area (Å²) in [5.41, 5.74) is 5.62. The fourth-order valence-electron chi connectivity index (χ4n) is 3.02. The minimum absolute atomic E-state index is 0.565. The van der Waals surface area contributed by atoms with Gasteiger partial charge in [-0.25, -0.2) is 0 Å². The van der Waals surface area contributed by atoms with Crippen LogP contribution in [0, 0.1) is 13.8 Å². The lowest BCUT2D eigenvalue weighted by Gasteiger charge is -2.17. The third-order valence-corrected chi connectivity index (χ3v) is 4.03. The van der Waals surface area contributed by atoms with Gasteiger partial charge in [-0.3, -0.25) is 0 Å². The van der Waals surface area contributed by atoms with Crippen LogP contribution in [0.5, 0.6) is 0 Å². The van der Waals surface area contributed by atoms with Gasteiger partial charge < -0.3 is 5.32 Å². The second-order valence-corrected chi connectivity index (χ2v) is 6.06. The highest BCUT2D eigenvalue weighted by atomic mass is 14.9. The number of aryl methyl sites for hydroxylation is 3. The van der Waals surface area contributed by atoms with Crippen molar-refractivity contribution in [2.24, 2.45) is 0 Å². The van der Waals surface area contributed by atoms with E-state index in [1.807, 2.05) is 0 Å². The van der Waals surface area contributed by atoms with Crippen LogP contribution in [0.3, 0.4) is 0 Å². The minimum atomic E-state index is 0.565. The molecule has 2 aromatic rings. The van der Waals surface area contributed by atoms with E-state index in [9.17, 15) is 0 Å². The molecule has 0 amide bonds. The second kappa shape index (κ2) is 7.99. The molecule has 0 fully saturated rings. The van der Waals surface area contributed by atoms with Crippen LogP contribution >= 0.6 is 0 Å². The molecule has 1 N–H and O–H groups in total. The van der Waals surface area contributed by atoms with E-state index in [1.54, 1.807) is 0 Å². The van der Waals surface area contributed by atoms with Crippen LogP contribution in [0.4, 0.5) is 0 Å². The van der Waals surface area contributed by atoms with Crippen LogP contribution in [0.25, 0.3) is 0 Å². The van der Waals surface area contributed by atoms with Gasteiger partial charge >= 0.3 is 0 Å². The number of likely N-dealkylation sites (N-methyl/N-ethyl adjacent to an activating group) is 1. The van der Waals surface area contributed by atoms with Gasteiger partial charge in [0, 0.05) is 6.04 Å². The van der Waals surface area contributed by atoms with Crippen LogP contribution in [-0.2, 0) is 12.8 Å². The molecular weight excluding hydrogens is 254 g/mol. The zero-order valence-electron chi connectivity index (χ0n) is 13.5. The van der Waals surface area contributed by atoms with Crippen LogP contribution in [-0.4, -0.2) is 13.1 Å². The summed E-state index contributed by atoms with van der Waals surface area (Å²) in [5.74, 6) is 0. The molecule has 0 saturated heterocycles. The Morgan fingerprint density at radius 1 is 0.905 bits per heavy atom. The van der Waals surface area contributed by atoms with E-state index >= 15 is 0 Å². The molecule has 0 aliphatic heterocycles. The van der Waals surface area contributed by atoms with Crippen molar-refractivity contribution in [3.05, 3.63) is 70.8 Å². The molecule has 0 saturated carbocycles. The van der Waals surface area contributed by atoms with Gasteiger partial charge in [-0.1, -0.05) is 59.7 Å². The van der Waals surface area contributed by atoms with Gasteiger partial charge in [0.2, 0.25) is 0 Å². The Kier molecular flexibility index (Phi) is 6.01. The predicted octanol–water partition coefficient (Wildman–Crippen LogP) is 4.46. The van der Waals surface area contributed by atoms with E-state index < -0.39 is 0 Å². The van der Waals surface area contributed by atoms with E-state index in [0.29, 0.717) is 6.04 Å². The molecule has 0 bridgehead atoms. The third kappa shape index (κ3) is 5.35. The molecule has 1 heteroatoms. The number of hydrogen-bond donors (Lipinski definition) is 1. The first-order valence-corrected chi connectivity index (χ1v) is 7.96. The second-order valence-electron chi connectivity index (χ2n) is 6.06. The molecule has 0 heterocycles. The van der Waals surface area contributed by atoms with Crippen LogP contribution in [0.15, 0.2) is 48.5 Å². The molecule has 1 unspecified atom stereocenters. The Morgan fingerprint density at radius 2 is 1.57 bits per heavy atom. The summed E-state index contributed by atoms with van der Waals surface area (Å²) in [6, 6.07) is 18.2. The molecule has 21 heavy (non-hydrogen) atoms. The van der Waals surface area contributed by atoms with Crippen LogP contribution < -0.4 is 5.32 Å². The molecule has 2 rings (SSSR count). The Balaban J connectivity index is 1.85. The average molecular weight is 281 g/mol. The van der Waals surface area contributed by atoms with E-state index in [1.165, 1.54) is 41.5 Å². The molecule has 0 aliphatic rings. The summed E-state index contributed by atoms with van der Waals surface area (Å²) in [6.45, 7) is 4.36. The monoisotopic (exact) mass is 281 g/mol. The molecule has 1 atom stereocenters. The van der Waals surface area contributed by atoms with Crippen molar-refractivity contribution < 1.29 is 0 Å². The number of nitrogens with one attached hydrogen (secondary N) is 1. The Hall–Kier alpha value is -1.60. The lowest BCUT2D eigenvalue weighted by molar-refractivity contribution is 0.502. The SMILES string of the molecule is CNC(CCCc1ccccc1)Cc1cc(C)cc(C)c1. The quantitative estimate of drug-likeness (QED) is 0.790.